The molecule has 2 heterocycles. The number of benzene rings is 1. The van der Waals surface area contributed by atoms with E-state index in [4.69, 9.17) is 11.6 Å². The maximum absolute atomic E-state index is 9.82. The third kappa shape index (κ3) is 1.83. The SMILES string of the molecule is OC1CCCn2c(-c3ccc(Cl)cc3)nnc21. The van der Waals surface area contributed by atoms with Gasteiger partial charge in [-0.05, 0) is 37.1 Å². The molecule has 1 aliphatic rings. The molecule has 1 aromatic heterocycles. The molecule has 0 aliphatic carbocycles. The van der Waals surface area contributed by atoms with Gasteiger partial charge in [-0.3, -0.25) is 0 Å². The maximum Gasteiger partial charge on any atom is 0.164 e. The summed E-state index contributed by atoms with van der Waals surface area (Å²) in [6.45, 7) is 0.858. The third-order valence-electron chi connectivity index (χ3n) is 3.04. The molecule has 5 heteroatoms. The Bertz CT molecular complexity index is 535. The lowest BCUT2D eigenvalue weighted by atomic mass is 10.1. The Kier molecular flexibility index (Phi) is 2.61. The highest BCUT2D eigenvalue weighted by molar-refractivity contribution is 6.30. The van der Waals surface area contributed by atoms with Crippen molar-refractivity contribution in [3.63, 3.8) is 0 Å². The van der Waals surface area contributed by atoms with E-state index < -0.39 is 6.10 Å². The fraction of sp³-hybridized carbons (Fsp3) is 0.333. The summed E-state index contributed by atoms with van der Waals surface area (Å²) in [6.07, 6.45) is 1.23. The van der Waals surface area contributed by atoms with Crippen molar-refractivity contribution >= 4 is 11.6 Å². The van der Waals surface area contributed by atoms with E-state index in [0.29, 0.717) is 10.8 Å². The normalized spacial score (nSPS) is 19.1. The van der Waals surface area contributed by atoms with Crippen LogP contribution in [-0.4, -0.2) is 19.9 Å². The zero-order valence-electron chi connectivity index (χ0n) is 9.17. The molecular weight excluding hydrogens is 238 g/mol. The topological polar surface area (TPSA) is 50.9 Å². The number of halogens is 1. The Morgan fingerprint density at radius 3 is 2.76 bits per heavy atom. The highest BCUT2D eigenvalue weighted by Crippen LogP contribution is 2.28. The lowest BCUT2D eigenvalue weighted by molar-refractivity contribution is 0.134. The Morgan fingerprint density at radius 1 is 1.24 bits per heavy atom. The standard InChI is InChI=1S/C12H12ClN3O/c13-9-5-3-8(4-6-9)11-14-15-12-10(17)2-1-7-16(11)12/h3-6,10,17H,1-2,7H2. The van der Waals surface area contributed by atoms with Crippen LogP contribution in [0.1, 0.15) is 24.8 Å². The molecule has 17 heavy (non-hydrogen) atoms. The number of aliphatic hydroxyl groups excluding tert-OH is 1. The maximum atomic E-state index is 9.82. The largest absolute Gasteiger partial charge is 0.385 e. The van der Waals surface area contributed by atoms with Gasteiger partial charge in [-0.1, -0.05) is 11.6 Å². The van der Waals surface area contributed by atoms with Crippen LogP contribution in [0.15, 0.2) is 24.3 Å². The molecule has 3 rings (SSSR count). The Hall–Kier alpha value is -1.39. The van der Waals surface area contributed by atoms with E-state index in [2.05, 4.69) is 10.2 Å². The van der Waals surface area contributed by atoms with Crippen LogP contribution in [0.4, 0.5) is 0 Å². The van der Waals surface area contributed by atoms with Crippen molar-refractivity contribution in [3.05, 3.63) is 35.1 Å². The van der Waals surface area contributed by atoms with Crippen LogP contribution in [0.2, 0.25) is 5.02 Å². The van der Waals surface area contributed by atoms with E-state index in [1.54, 1.807) is 0 Å². The molecule has 0 bridgehead atoms. The van der Waals surface area contributed by atoms with E-state index in [1.807, 2.05) is 28.8 Å². The molecule has 4 nitrogen and oxygen atoms in total. The van der Waals surface area contributed by atoms with Crippen molar-refractivity contribution in [2.75, 3.05) is 0 Å². The second kappa shape index (κ2) is 4.13. The summed E-state index contributed by atoms with van der Waals surface area (Å²) < 4.78 is 1.98. The molecule has 1 aromatic carbocycles. The highest BCUT2D eigenvalue weighted by atomic mass is 35.5. The van der Waals surface area contributed by atoms with Gasteiger partial charge in [0, 0.05) is 17.1 Å². The number of aromatic nitrogens is 3. The van der Waals surface area contributed by atoms with Gasteiger partial charge < -0.3 is 9.67 Å². The average Bonchev–Trinajstić information content (AvgIpc) is 2.75. The number of hydrogen-bond acceptors (Lipinski definition) is 3. The van der Waals surface area contributed by atoms with E-state index in [0.717, 1.165) is 30.8 Å². The lowest BCUT2D eigenvalue weighted by Gasteiger charge is -2.19. The molecule has 0 saturated heterocycles. The van der Waals surface area contributed by atoms with Gasteiger partial charge in [0.05, 0.1) is 0 Å². The van der Waals surface area contributed by atoms with Crippen LogP contribution >= 0.6 is 11.6 Å². The molecule has 1 aliphatic heterocycles. The number of rotatable bonds is 1. The second-order valence-corrected chi connectivity index (χ2v) is 4.63. The first-order valence-corrected chi connectivity index (χ1v) is 6.00. The molecule has 0 saturated carbocycles. The number of fused-ring (bicyclic) bond motifs is 1. The number of aliphatic hydroxyl groups is 1. The smallest absolute Gasteiger partial charge is 0.164 e. The van der Waals surface area contributed by atoms with Crippen molar-refractivity contribution in [1.29, 1.82) is 0 Å². The van der Waals surface area contributed by atoms with Gasteiger partial charge in [-0.15, -0.1) is 10.2 Å². The van der Waals surface area contributed by atoms with E-state index in [9.17, 15) is 5.11 Å². The minimum atomic E-state index is -0.489. The van der Waals surface area contributed by atoms with Gasteiger partial charge in [0.25, 0.3) is 0 Å². The van der Waals surface area contributed by atoms with Gasteiger partial charge in [-0.25, -0.2) is 0 Å². The summed E-state index contributed by atoms with van der Waals surface area (Å²) in [4.78, 5) is 0. The summed E-state index contributed by atoms with van der Waals surface area (Å²) in [5.74, 6) is 1.47. The zero-order chi connectivity index (χ0) is 11.8. The van der Waals surface area contributed by atoms with Crippen LogP contribution in [0, 0.1) is 0 Å². The number of hydrogen-bond donors (Lipinski definition) is 1. The van der Waals surface area contributed by atoms with E-state index in [-0.39, 0.29) is 0 Å². The lowest BCUT2D eigenvalue weighted by Crippen LogP contribution is -2.16. The Balaban J connectivity index is 2.07. The summed E-state index contributed by atoms with van der Waals surface area (Å²) >= 11 is 5.86. The van der Waals surface area contributed by atoms with Crippen LogP contribution in [0.25, 0.3) is 11.4 Å². The minimum absolute atomic E-state index is 0.489. The molecule has 88 valence electrons. The summed E-state index contributed by atoms with van der Waals surface area (Å²) in [5.41, 5.74) is 0.974. The number of nitrogens with zero attached hydrogens (tertiary/aromatic N) is 3. The fourth-order valence-corrected chi connectivity index (χ4v) is 2.29. The van der Waals surface area contributed by atoms with Gasteiger partial charge in [0.15, 0.2) is 11.6 Å². The predicted molar refractivity (Wildman–Crippen MR) is 64.7 cm³/mol. The zero-order valence-corrected chi connectivity index (χ0v) is 9.93. The minimum Gasteiger partial charge on any atom is -0.385 e. The highest BCUT2D eigenvalue weighted by Gasteiger charge is 2.23. The molecule has 1 unspecified atom stereocenters. The van der Waals surface area contributed by atoms with Gasteiger partial charge in [0.2, 0.25) is 0 Å². The molecule has 0 radical (unpaired) electrons. The molecule has 0 amide bonds. The Morgan fingerprint density at radius 2 is 2.00 bits per heavy atom. The summed E-state index contributed by atoms with van der Waals surface area (Å²) in [6, 6.07) is 7.50. The quantitative estimate of drug-likeness (QED) is 0.845. The third-order valence-corrected chi connectivity index (χ3v) is 3.29. The first kappa shape index (κ1) is 10.7. The van der Waals surface area contributed by atoms with Crippen LogP contribution in [0.5, 0.6) is 0 Å². The van der Waals surface area contributed by atoms with Gasteiger partial charge >= 0.3 is 0 Å². The fourth-order valence-electron chi connectivity index (χ4n) is 2.17. The predicted octanol–water partition coefficient (Wildman–Crippen LogP) is 2.43. The molecule has 0 spiro atoms. The van der Waals surface area contributed by atoms with Gasteiger partial charge in [0.1, 0.15) is 6.10 Å². The first-order chi connectivity index (χ1) is 8.25. The summed E-state index contributed by atoms with van der Waals surface area (Å²) in [5, 5.41) is 18.7. The average molecular weight is 250 g/mol. The second-order valence-electron chi connectivity index (χ2n) is 4.20. The van der Waals surface area contributed by atoms with Crippen molar-refractivity contribution in [3.8, 4) is 11.4 Å². The molecule has 1 atom stereocenters. The molecule has 0 fully saturated rings. The van der Waals surface area contributed by atoms with E-state index >= 15 is 0 Å². The van der Waals surface area contributed by atoms with Crippen molar-refractivity contribution in [1.82, 2.24) is 14.8 Å². The van der Waals surface area contributed by atoms with Crippen molar-refractivity contribution in [2.45, 2.75) is 25.5 Å². The van der Waals surface area contributed by atoms with Crippen LogP contribution in [0.3, 0.4) is 0 Å². The molecule has 2 aromatic rings. The van der Waals surface area contributed by atoms with Crippen LogP contribution < -0.4 is 0 Å². The monoisotopic (exact) mass is 249 g/mol. The van der Waals surface area contributed by atoms with Gasteiger partial charge in [-0.2, -0.15) is 0 Å². The Labute approximate surface area is 104 Å². The summed E-state index contributed by atoms with van der Waals surface area (Å²) in [7, 11) is 0. The van der Waals surface area contributed by atoms with Crippen molar-refractivity contribution in [2.24, 2.45) is 0 Å². The van der Waals surface area contributed by atoms with Crippen molar-refractivity contribution < 1.29 is 5.11 Å². The van der Waals surface area contributed by atoms with E-state index in [1.165, 1.54) is 0 Å². The molecule has 1 N–H and O–H groups in total. The molecular formula is C12H12ClN3O. The van der Waals surface area contributed by atoms with Crippen LogP contribution in [-0.2, 0) is 6.54 Å². The first-order valence-electron chi connectivity index (χ1n) is 5.63.